The van der Waals surface area contributed by atoms with Crippen molar-refractivity contribution < 1.29 is 13.5 Å². The van der Waals surface area contributed by atoms with Crippen molar-refractivity contribution in [3.05, 3.63) is 0 Å². The van der Waals surface area contributed by atoms with Gasteiger partial charge < -0.3 is 4.74 Å². The molecule has 0 bridgehead atoms. The summed E-state index contributed by atoms with van der Waals surface area (Å²) in [6.45, 7) is 6.51. The van der Waals surface area contributed by atoms with Gasteiger partial charge in [0, 0.05) is 0 Å². The molecular formula is C29H52F2O. The molecule has 3 heteroatoms. The van der Waals surface area contributed by atoms with Gasteiger partial charge in [-0.25, -0.2) is 8.78 Å². The highest BCUT2D eigenvalue weighted by Gasteiger charge is 2.43. The Kier molecular flexibility index (Phi) is 11.3. The Morgan fingerprint density at radius 3 is 1.75 bits per heavy atom. The summed E-state index contributed by atoms with van der Waals surface area (Å²) in [6.07, 6.45) is 17.0. The van der Waals surface area contributed by atoms with Crippen LogP contribution in [0.25, 0.3) is 0 Å². The summed E-state index contributed by atoms with van der Waals surface area (Å²) in [5.74, 6) is 3.54. The number of hydrogen-bond donors (Lipinski definition) is 0. The van der Waals surface area contributed by atoms with Crippen LogP contribution in [-0.2, 0) is 4.74 Å². The van der Waals surface area contributed by atoms with Crippen LogP contribution in [0.3, 0.4) is 0 Å². The predicted octanol–water partition coefficient (Wildman–Crippen LogP) is 9.23. The molecule has 0 aromatic rings. The summed E-state index contributed by atoms with van der Waals surface area (Å²) in [7, 11) is 0. The van der Waals surface area contributed by atoms with Crippen LogP contribution < -0.4 is 0 Å². The van der Waals surface area contributed by atoms with Crippen LogP contribution in [0.15, 0.2) is 0 Å². The molecule has 0 aromatic carbocycles. The first-order valence-corrected chi connectivity index (χ1v) is 14.4. The Labute approximate surface area is 197 Å². The minimum absolute atomic E-state index is 0.0345. The smallest absolute Gasteiger partial charge is 0.129 e. The van der Waals surface area contributed by atoms with E-state index in [2.05, 4.69) is 13.8 Å². The fourth-order valence-corrected chi connectivity index (χ4v) is 7.36. The van der Waals surface area contributed by atoms with Crippen molar-refractivity contribution in [2.45, 2.75) is 154 Å². The third kappa shape index (κ3) is 7.67. The minimum atomic E-state index is -1.13. The summed E-state index contributed by atoms with van der Waals surface area (Å²) >= 11 is 0. The predicted molar refractivity (Wildman–Crippen MR) is 131 cm³/mol. The van der Waals surface area contributed by atoms with Gasteiger partial charge in [0.1, 0.15) is 18.4 Å². The Morgan fingerprint density at radius 1 is 0.688 bits per heavy atom. The second-order valence-corrected chi connectivity index (χ2v) is 11.8. The van der Waals surface area contributed by atoms with Crippen LogP contribution in [0, 0.1) is 29.6 Å². The lowest BCUT2D eigenvalue weighted by Gasteiger charge is -2.43. The highest BCUT2D eigenvalue weighted by atomic mass is 19.1. The average molecular weight is 455 g/mol. The Bertz CT molecular complexity index is 483. The molecule has 0 saturated heterocycles. The fourth-order valence-electron chi connectivity index (χ4n) is 7.36. The van der Waals surface area contributed by atoms with Crippen molar-refractivity contribution >= 4 is 0 Å². The topological polar surface area (TPSA) is 9.23 Å². The molecule has 3 atom stereocenters. The Hall–Kier alpha value is -0.180. The normalized spacial score (nSPS) is 39.7. The van der Waals surface area contributed by atoms with Crippen molar-refractivity contribution in [2.75, 3.05) is 0 Å². The van der Waals surface area contributed by atoms with E-state index in [0.717, 1.165) is 30.6 Å². The first-order chi connectivity index (χ1) is 15.5. The Balaban J connectivity index is 1.38. The van der Waals surface area contributed by atoms with Crippen LogP contribution >= 0.6 is 0 Å². The zero-order valence-corrected chi connectivity index (χ0v) is 21.4. The van der Waals surface area contributed by atoms with E-state index in [9.17, 15) is 0 Å². The van der Waals surface area contributed by atoms with Gasteiger partial charge in [-0.15, -0.1) is 0 Å². The molecule has 3 aliphatic rings. The third-order valence-corrected chi connectivity index (χ3v) is 9.36. The lowest BCUT2D eigenvalue weighted by atomic mass is 9.65. The molecule has 0 radical (unpaired) electrons. The van der Waals surface area contributed by atoms with Crippen LogP contribution in [0.2, 0.25) is 0 Å². The van der Waals surface area contributed by atoms with E-state index in [1.165, 1.54) is 83.5 Å². The van der Waals surface area contributed by atoms with Gasteiger partial charge in [0.25, 0.3) is 0 Å². The second kappa shape index (κ2) is 13.6. The number of alkyl halides is 2. The van der Waals surface area contributed by atoms with E-state index >= 15 is 8.78 Å². The van der Waals surface area contributed by atoms with E-state index in [-0.39, 0.29) is 12.0 Å². The molecule has 32 heavy (non-hydrogen) atoms. The summed E-state index contributed by atoms with van der Waals surface area (Å²) in [6, 6.07) is 0. The van der Waals surface area contributed by atoms with Crippen molar-refractivity contribution in [3.63, 3.8) is 0 Å². The minimum Gasteiger partial charge on any atom is -0.369 e. The third-order valence-electron chi connectivity index (χ3n) is 9.36. The van der Waals surface area contributed by atoms with Gasteiger partial charge in [0.2, 0.25) is 0 Å². The van der Waals surface area contributed by atoms with Gasteiger partial charge in [-0.1, -0.05) is 65.2 Å². The Morgan fingerprint density at radius 2 is 1.22 bits per heavy atom. The van der Waals surface area contributed by atoms with Gasteiger partial charge in [-0.3, -0.25) is 0 Å². The molecule has 0 N–H and O–H groups in total. The lowest BCUT2D eigenvalue weighted by molar-refractivity contribution is -0.117. The molecular weight excluding hydrogens is 402 g/mol. The largest absolute Gasteiger partial charge is 0.369 e. The summed E-state index contributed by atoms with van der Waals surface area (Å²) < 4.78 is 35.9. The van der Waals surface area contributed by atoms with Crippen molar-refractivity contribution in [3.8, 4) is 0 Å². The van der Waals surface area contributed by atoms with E-state index < -0.39 is 18.4 Å². The van der Waals surface area contributed by atoms with Crippen molar-refractivity contribution in [1.29, 1.82) is 0 Å². The second-order valence-electron chi connectivity index (χ2n) is 11.8. The maximum Gasteiger partial charge on any atom is 0.129 e. The van der Waals surface area contributed by atoms with Crippen LogP contribution in [0.1, 0.15) is 130 Å². The summed E-state index contributed by atoms with van der Waals surface area (Å²) in [4.78, 5) is 0. The van der Waals surface area contributed by atoms with Gasteiger partial charge in [0.15, 0.2) is 0 Å². The molecule has 0 spiro atoms. The maximum absolute atomic E-state index is 15.0. The van der Waals surface area contributed by atoms with Gasteiger partial charge >= 0.3 is 0 Å². The molecule has 3 aliphatic carbocycles. The number of ether oxygens (including phenoxy) is 1. The van der Waals surface area contributed by atoms with E-state index in [1.54, 1.807) is 0 Å². The monoisotopic (exact) mass is 454 g/mol. The van der Waals surface area contributed by atoms with Gasteiger partial charge in [-0.05, 0) is 94.3 Å². The number of hydrogen-bond acceptors (Lipinski definition) is 1. The summed E-state index contributed by atoms with van der Waals surface area (Å²) in [5.41, 5.74) is 0. The molecule has 0 aliphatic heterocycles. The SMILES string of the molecule is CCCCCCC(C)OC1C(F)CC(C2CCC(C3CCC(CCC)CC3)CC2)CC1F. The number of unbranched alkanes of at least 4 members (excludes halogenated alkanes) is 3. The molecule has 188 valence electrons. The first kappa shape index (κ1) is 26.4. The summed E-state index contributed by atoms with van der Waals surface area (Å²) in [5, 5.41) is 0. The quantitative estimate of drug-likeness (QED) is 0.283. The molecule has 0 aromatic heterocycles. The van der Waals surface area contributed by atoms with Crippen molar-refractivity contribution in [1.82, 2.24) is 0 Å². The molecule has 0 heterocycles. The van der Waals surface area contributed by atoms with Crippen molar-refractivity contribution in [2.24, 2.45) is 29.6 Å². The highest BCUT2D eigenvalue weighted by Crippen LogP contribution is 2.46. The average Bonchev–Trinajstić information content (AvgIpc) is 2.80. The van der Waals surface area contributed by atoms with Crippen LogP contribution in [-0.4, -0.2) is 24.6 Å². The lowest BCUT2D eigenvalue weighted by Crippen LogP contribution is -2.45. The van der Waals surface area contributed by atoms with Gasteiger partial charge in [-0.2, -0.15) is 0 Å². The van der Waals surface area contributed by atoms with Crippen LogP contribution in [0.4, 0.5) is 8.78 Å². The molecule has 0 amide bonds. The number of halogens is 2. The van der Waals surface area contributed by atoms with Gasteiger partial charge in [0.05, 0.1) is 6.10 Å². The van der Waals surface area contributed by atoms with E-state index in [4.69, 9.17) is 4.74 Å². The van der Waals surface area contributed by atoms with E-state index in [0.29, 0.717) is 18.8 Å². The molecule has 3 fully saturated rings. The zero-order valence-electron chi connectivity index (χ0n) is 21.4. The molecule has 1 nitrogen and oxygen atoms in total. The van der Waals surface area contributed by atoms with E-state index in [1.807, 2.05) is 6.92 Å². The number of rotatable bonds is 11. The highest BCUT2D eigenvalue weighted by molar-refractivity contribution is 4.92. The molecule has 3 saturated carbocycles. The zero-order chi connectivity index (χ0) is 22.9. The molecule has 3 unspecified atom stereocenters. The van der Waals surface area contributed by atoms with Crippen LogP contribution in [0.5, 0.6) is 0 Å². The molecule has 3 rings (SSSR count). The first-order valence-electron chi connectivity index (χ1n) is 14.4. The standard InChI is InChI=1S/C29H52F2O/c1-4-6-7-8-10-21(3)32-29-27(30)19-26(20-28(29)31)25-17-15-24(16-18-25)23-13-11-22(9-5-2)12-14-23/h21-29H,4-20H2,1-3H3. The maximum atomic E-state index is 15.0. The fraction of sp³-hybridized carbons (Fsp3) is 1.00.